The minimum absolute atomic E-state index is 0.137. The fourth-order valence-corrected chi connectivity index (χ4v) is 3.67. The number of anilines is 1. The van der Waals surface area contributed by atoms with Crippen LogP contribution in [0, 0.1) is 0 Å². The first-order valence-electron chi connectivity index (χ1n) is 6.67. The Morgan fingerprint density at radius 3 is 2.22 bits per heavy atom. The van der Waals surface area contributed by atoms with E-state index < -0.39 is 0 Å². The molecular formula is C17H10BrNO2S2. The predicted octanol–water partition coefficient (Wildman–Crippen LogP) is 4.67. The second kappa shape index (κ2) is 6.78. The van der Waals surface area contributed by atoms with Gasteiger partial charge in [-0.25, -0.2) is 0 Å². The smallest absolute Gasteiger partial charge is 0.270 e. The summed E-state index contributed by atoms with van der Waals surface area (Å²) < 4.78 is 1.45. The summed E-state index contributed by atoms with van der Waals surface area (Å²) in [5.41, 5.74) is 2.20. The number of benzene rings is 2. The fourth-order valence-electron chi connectivity index (χ4n) is 2.10. The second-order valence-corrected chi connectivity index (χ2v) is 7.37. The quantitative estimate of drug-likeness (QED) is 0.424. The third kappa shape index (κ3) is 3.44. The topological polar surface area (TPSA) is 37.4 Å². The molecule has 0 atom stereocenters. The summed E-state index contributed by atoms with van der Waals surface area (Å²) in [6, 6.07) is 14.5. The highest BCUT2D eigenvalue weighted by molar-refractivity contribution is 9.10. The SMILES string of the molecule is O=Cc1ccc(C=C2SC(=S)N(c3ccc(Br)cc3)C2=O)cc1. The van der Waals surface area contributed by atoms with E-state index in [0.717, 1.165) is 22.0 Å². The van der Waals surface area contributed by atoms with Crippen LogP contribution in [0.1, 0.15) is 15.9 Å². The van der Waals surface area contributed by atoms with Crippen molar-refractivity contribution in [1.29, 1.82) is 0 Å². The van der Waals surface area contributed by atoms with Gasteiger partial charge in [0.15, 0.2) is 4.32 Å². The van der Waals surface area contributed by atoms with Crippen molar-refractivity contribution in [1.82, 2.24) is 0 Å². The summed E-state index contributed by atoms with van der Waals surface area (Å²) in [4.78, 5) is 25.4. The van der Waals surface area contributed by atoms with Gasteiger partial charge in [-0.2, -0.15) is 0 Å². The normalized spacial score (nSPS) is 16.2. The van der Waals surface area contributed by atoms with Crippen LogP contribution >= 0.6 is 39.9 Å². The summed E-state index contributed by atoms with van der Waals surface area (Å²) in [5.74, 6) is -0.137. The molecule has 0 radical (unpaired) electrons. The van der Waals surface area contributed by atoms with E-state index in [1.165, 1.54) is 16.7 Å². The molecule has 0 bridgehead atoms. The molecule has 114 valence electrons. The largest absolute Gasteiger partial charge is 0.298 e. The zero-order chi connectivity index (χ0) is 16.4. The maximum atomic E-state index is 12.6. The highest BCUT2D eigenvalue weighted by atomic mass is 79.9. The van der Waals surface area contributed by atoms with E-state index in [0.29, 0.717) is 14.8 Å². The first-order valence-corrected chi connectivity index (χ1v) is 8.69. The van der Waals surface area contributed by atoms with Gasteiger partial charge in [-0.15, -0.1) is 0 Å². The number of nitrogens with zero attached hydrogens (tertiary/aromatic N) is 1. The summed E-state index contributed by atoms with van der Waals surface area (Å²) >= 11 is 9.98. The van der Waals surface area contributed by atoms with Crippen LogP contribution in [-0.2, 0) is 4.79 Å². The number of aldehydes is 1. The lowest BCUT2D eigenvalue weighted by molar-refractivity contribution is -0.113. The number of halogens is 1. The van der Waals surface area contributed by atoms with Crippen molar-refractivity contribution in [2.45, 2.75) is 0 Å². The van der Waals surface area contributed by atoms with E-state index in [2.05, 4.69) is 15.9 Å². The van der Waals surface area contributed by atoms with E-state index in [-0.39, 0.29) is 5.91 Å². The van der Waals surface area contributed by atoms with Crippen molar-refractivity contribution >= 4 is 68.2 Å². The van der Waals surface area contributed by atoms with Gasteiger partial charge in [-0.1, -0.05) is 64.2 Å². The molecule has 3 rings (SSSR count). The number of hydrogen-bond donors (Lipinski definition) is 0. The molecule has 0 aliphatic carbocycles. The third-order valence-electron chi connectivity index (χ3n) is 3.25. The lowest BCUT2D eigenvalue weighted by Gasteiger charge is -2.14. The maximum absolute atomic E-state index is 12.6. The summed E-state index contributed by atoms with van der Waals surface area (Å²) in [7, 11) is 0. The van der Waals surface area contributed by atoms with E-state index in [4.69, 9.17) is 12.2 Å². The molecular weight excluding hydrogens is 394 g/mol. The molecule has 0 N–H and O–H groups in total. The fraction of sp³-hybridized carbons (Fsp3) is 0. The first-order chi connectivity index (χ1) is 11.1. The molecule has 1 aliphatic heterocycles. The van der Waals surface area contributed by atoms with Gasteiger partial charge in [0.05, 0.1) is 10.6 Å². The average Bonchev–Trinajstić information content (AvgIpc) is 2.83. The van der Waals surface area contributed by atoms with Gasteiger partial charge < -0.3 is 0 Å². The van der Waals surface area contributed by atoms with E-state index in [9.17, 15) is 9.59 Å². The van der Waals surface area contributed by atoms with Gasteiger partial charge >= 0.3 is 0 Å². The molecule has 0 spiro atoms. The number of carbonyl (C=O) groups is 2. The molecule has 1 heterocycles. The Hall–Kier alpha value is -1.76. The van der Waals surface area contributed by atoms with Crippen LogP contribution in [0.4, 0.5) is 5.69 Å². The minimum atomic E-state index is -0.137. The predicted molar refractivity (Wildman–Crippen MR) is 102 cm³/mol. The highest BCUT2D eigenvalue weighted by Gasteiger charge is 2.33. The Bertz CT molecular complexity index is 813. The highest BCUT2D eigenvalue weighted by Crippen LogP contribution is 2.36. The molecule has 1 fully saturated rings. The number of thioether (sulfide) groups is 1. The van der Waals surface area contributed by atoms with Gasteiger partial charge in [0.2, 0.25) is 0 Å². The molecule has 3 nitrogen and oxygen atoms in total. The van der Waals surface area contributed by atoms with Crippen LogP contribution in [0.3, 0.4) is 0 Å². The van der Waals surface area contributed by atoms with Gasteiger partial charge in [-0.05, 0) is 35.9 Å². The van der Waals surface area contributed by atoms with Gasteiger partial charge in [-0.3, -0.25) is 14.5 Å². The van der Waals surface area contributed by atoms with Gasteiger partial charge in [0.25, 0.3) is 5.91 Å². The van der Waals surface area contributed by atoms with Crippen LogP contribution in [0.15, 0.2) is 57.9 Å². The molecule has 2 aromatic rings. The van der Waals surface area contributed by atoms with Crippen molar-refractivity contribution in [3.8, 4) is 0 Å². The van der Waals surface area contributed by atoms with Crippen LogP contribution in [0.5, 0.6) is 0 Å². The molecule has 6 heteroatoms. The Morgan fingerprint density at radius 2 is 1.61 bits per heavy atom. The molecule has 1 aliphatic rings. The molecule has 1 saturated heterocycles. The van der Waals surface area contributed by atoms with Crippen LogP contribution in [0.25, 0.3) is 6.08 Å². The molecule has 0 aromatic heterocycles. The molecule has 1 amide bonds. The van der Waals surface area contributed by atoms with Crippen molar-refractivity contribution in [3.05, 3.63) is 69.0 Å². The number of rotatable bonds is 3. The number of amides is 1. The maximum Gasteiger partial charge on any atom is 0.270 e. The zero-order valence-electron chi connectivity index (χ0n) is 11.7. The second-order valence-electron chi connectivity index (χ2n) is 4.78. The summed E-state index contributed by atoms with van der Waals surface area (Å²) in [6.45, 7) is 0. The van der Waals surface area contributed by atoms with Crippen LogP contribution in [-0.4, -0.2) is 16.5 Å². The van der Waals surface area contributed by atoms with Crippen molar-refractivity contribution < 1.29 is 9.59 Å². The standard InChI is InChI=1S/C17H10BrNO2S2/c18-13-5-7-14(8-6-13)19-16(21)15(23-17(19)22)9-11-1-3-12(10-20)4-2-11/h1-10H. The minimum Gasteiger partial charge on any atom is -0.298 e. The summed E-state index contributed by atoms with van der Waals surface area (Å²) in [5, 5.41) is 0. The van der Waals surface area contributed by atoms with E-state index in [1.54, 1.807) is 30.3 Å². The lowest BCUT2D eigenvalue weighted by Crippen LogP contribution is -2.27. The van der Waals surface area contributed by atoms with Crippen LogP contribution in [0.2, 0.25) is 0 Å². The van der Waals surface area contributed by atoms with Crippen molar-refractivity contribution in [2.75, 3.05) is 4.90 Å². The Balaban J connectivity index is 1.89. The molecule has 2 aromatic carbocycles. The van der Waals surface area contributed by atoms with Crippen molar-refractivity contribution in [3.63, 3.8) is 0 Å². The Labute approximate surface area is 151 Å². The van der Waals surface area contributed by atoms with E-state index in [1.807, 2.05) is 24.3 Å². The average molecular weight is 404 g/mol. The third-order valence-corrected chi connectivity index (χ3v) is 5.08. The Kier molecular flexibility index (Phi) is 4.75. The molecule has 0 saturated carbocycles. The zero-order valence-corrected chi connectivity index (χ0v) is 15.0. The number of carbonyl (C=O) groups excluding carboxylic acids is 2. The Morgan fingerprint density at radius 1 is 1.00 bits per heavy atom. The van der Waals surface area contributed by atoms with E-state index >= 15 is 0 Å². The van der Waals surface area contributed by atoms with Crippen molar-refractivity contribution in [2.24, 2.45) is 0 Å². The lowest BCUT2D eigenvalue weighted by atomic mass is 10.1. The molecule has 0 unspecified atom stereocenters. The summed E-state index contributed by atoms with van der Waals surface area (Å²) in [6.07, 6.45) is 2.57. The van der Waals surface area contributed by atoms with Crippen LogP contribution < -0.4 is 4.90 Å². The number of hydrogen-bond acceptors (Lipinski definition) is 4. The monoisotopic (exact) mass is 403 g/mol. The molecule has 23 heavy (non-hydrogen) atoms. The number of thiocarbonyl (C=S) groups is 1. The van der Waals surface area contributed by atoms with Gasteiger partial charge in [0, 0.05) is 10.0 Å². The first kappa shape index (κ1) is 16.1. The van der Waals surface area contributed by atoms with Gasteiger partial charge in [0.1, 0.15) is 6.29 Å².